The van der Waals surface area contributed by atoms with Crippen LogP contribution in [0.5, 0.6) is 0 Å². The molecule has 0 saturated carbocycles. The van der Waals surface area contributed by atoms with Crippen LogP contribution in [0.15, 0.2) is 72.8 Å². The number of hydrogen-bond acceptors (Lipinski definition) is 4. The minimum absolute atomic E-state index is 0.0370. The lowest BCUT2D eigenvalue weighted by Crippen LogP contribution is -2.02. The number of ether oxygens (including phenoxy) is 4. The van der Waals surface area contributed by atoms with Crippen molar-refractivity contribution in [2.24, 2.45) is 0 Å². The summed E-state index contributed by atoms with van der Waals surface area (Å²) in [6.07, 6.45) is 3.15. The van der Waals surface area contributed by atoms with Crippen LogP contribution in [0.4, 0.5) is 0 Å². The lowest BCUT2D eigenvalue weighted by molar-refractivity contribution is 0.0523. The average Bonchev–Trinajstić information content (AvgIpc) is 3.72. The summed E-state index contributed by atoms with van der Waals surface area (Å²) in [4.78, 5) is 0. The van der Waals surface area contributed by atoms with Crippen molar-refractivity contribution in [2.45, 2.75) is 38.3 Å². The molecule has 0 aliphatic carbocycles. The van der Waals surface area contributed by atoms with E-state index in [1.165, 1.54) is 33.4 Å². The molecule has 0 spiro atoms. The molecule has 2 unspecified atom stereocenters. The number of epoxide rings is 2. The van der Waals surface area contributed by atoms with Crippen molar-refractivity contribution in [3.8, 4) is 0 Å². The third kappa shape index (κ3) is 6.75. The van der Waals surface area contributed by atoms with Crippen LogP contribution in [0.1, 0.15) is 33.4 Å². The summed E-state index contributed by atoms with van der Waals surface area (Å²) in [5.74, 6) is 0. The van der Waals surface area contributed by atoms with Gasteiger partial charge in [0.1, 0.15) is 12.7 Å². The van der Waals surface area contributed by atoms with E-state index in [0.717, 1.165) is 32.5 Å². The summed E-state index contributed by atoms with van der Waals surface area (Å²) in [6.45, 7) is 3.63. The van der Waals surface area contributed by atoms with Crippen molar-refractivity contribution in [2.75, 3.05) is 26.4 Å². The van der Waals surface area contributed by atoms with E-state index in [2.05, 4.69) is 72.8 Å². The van der Waals surface area contributed by atoms with E-state index in [1.54, 1.807) is 0 Å². The number of rotatable bonds is 12. The van der Waals surface area contributed by atoms with Crippen LogP contribution in [0.25, 0.3) is 0 Å². The molecule has 0 N–H and O–H groups in total. The van der Waals surface area contributed by atoms with E-state index >= 15 is 0 Å². The molecule has 166 valence electrons. The minimum Gasteiger partial charge on any atom is -0.374 e. The molecule has 2 saturated heterocycles. The fourth-order valence-electron chi connectivity index (χ4n) is 3.89. The summed E-state index contributed by atoms with van der Waals surface area (Å²) in [6, 6.07) is 26.5. The minimum atomic E-state index is 0.0370. The third-order valence-electron chi connectivity index (χ3n) is 5.79. The van der Waals surface area contributed by atoms with Crippen LogP contribution < -0.4 is 0 Å². The molecule has 0 bridgehead atoms. The molecule has 2 aliphatic rings. The summed E-state index contributed by atoms with van der Waals surface area (Å²) >= 11 is 0. The number of hydrogen-bond donors (Lipinski definition) is 0. The predicted molar refractivity (Wildman–Crippen MR) is 124 cm³/mol. The Morgan fingerprint density at radius 1 is 0.688 bits per heavy atom. The Kier molecular flexibility index (Phi) is 6.95. The van der Waals surface area contributed by atoms with Gasteiger partial charge >= 0.3 is 0 Å². The summed E-state index contributed by atoms with van der Waals surface area (Å²) in [5, 5.41) is 0. The van der Waals surface area contributed by atoms with Crippen molar-refractivity contribution in [1.82, 2.24) is 0 Å². The van der Waals surface area contributed by atoms with E-state index in [0.29, 0.717) is 25.9 Å². The van der Waals surface area contributed by atoms with Gasteiger partial charge in [0.25, 0.3) is 0 Å². The van der Waals surface area contributed by atoms with Crippen molar-refractivity contribution in [1.29, 1.82) is 0 Å². The third-order valence-corrected chi connectivity index (χ3v) is 5.79. The van der Waals surface area contributed by atoms with E-state index in [4.69, 9.17) is 18.9 Å². The van der Waals surface area contributed by atoms with Gasteiger partial charge in [0.2, 0.25) is 0 Å². The Morgan fingerprint density at radius 3 is 1.91 bits per heavy atom. The van der Waals surface area contributed by atoms with E-state index in [9.17, 15) is 0 Å². The second-order valence-corrected chi connectivity index (χ2v) is 8.66. The molecular formula is C28H30O4. The van der Waals surface area contributed by atoms with Gasteiger partial charge in [-0.2, -0.15) is 0 Å². The fraction of sp³-hybridized carbons (Fsp3) is 0.357. The lowest BCUT2D eigenvalue weighted by Gasteiger charge is -2.08. The molecular weight excluding hydrogens is 400 g/mol. The van der Waals surface area contributed by atoms with Crippen molar-refractivity contribution in [3.63, 3.8) is 0 Å². The first-order valence-corrected chi connectivity index (χ1v) is 11.5. The molecule has 0 radical (unpaired) electrons. The Bertz CT molecular complexity index is 923. The summed E-state index contributed by atoms with van der Waals surface area (Å²) in [7, 11) is 0. The highest BCUT2D eigenvalue weighted by atomic mass is 16.8. The second kappa shape index (κ2) is 10.4. The zero-order chi connectivity index (χ0) is 21.6. The van der Waals surface area contributed by atoms with Crippen LogP contribution in [-0.4, -0.2) is 38.8 Å². The molecule has 5 rings (SSSR count). The Labute approximate surface area is 190 Å². The maximum Gasteiger partial charge on any atom is 0.181 e. The molecule has 0 amide bonds. The van der Waals surface area contributed by atoms with Crippen LogP contribution in [0.3, 0.4) is 0 Å². The summed E-state index contributed by atoms with van der Waals surface area (Å²) in [5.41, 5.74) is 7.84. The lowest BCUT2D eigenvalue weighted by atomic mass is 9.98. The molecule has 2 atom stereocenters. The predicted octanol–water partition coefficient (Wildman–Crippen LogP) is 4.70. The molecule has 32 heavy (non-hydrogen) atoms. The zero-order valence-corrected chi connectivity index (χ0v) is 18.4. The molecule has 0 aromatic heterocycles. The van der Waals surface area contributed by atoms with Gasteiger partial charge in [-0.25, -0.2) is 0 Å². The van der Waals surface area contributed by atoms with E-state index in [-0.39, 0.29) is 6.29 Å². The smallest absolute Gasteiger partial charge is 0.181 e. The molecule has 4 heteroatoms. The normalized spacial score (nSPS) is 19.1. The fourth-order valence-corrected chi connectivity index (χ4v) is 3.89. The van der Waals surface area contributed by atoms with Gasteiger partial charge in [-0.05, 0) is 52.6 Å². The first kappa shape index (κ1) is 21.4. The van der Waals surface area contributed by atoms with Crippen molar-refractivity contribution >= 4 is 0 Å². The first-order chi connectivity index (χ1) is 15.8. The highest BCUT2D eigenvalue weighted by molar-refractivity contribution is 5.34. The van der Waals surface area contributed by atoms with Gasteiger partial charge in [-0.1, -0.05) is 72.8 Å². The molecule has 2 heterocycles. The van der Waals surface area contributed by atoms with Gasteiger partial charge < -0.3 is 18.9 Å². The van der Waals surface area contributed by atoms with Crippen LogP contribution in [-0.2, 0) is 44.8 Å². The standard InChI is InChI=1S/C28H30O4/c1-3-21(11-12-30-28-20-32-28)13-24(4-1)14-22-7-9-23(10-8-22)15-25-5-2-6-26(16-25)17-29-18-27-19-31-27/h1-10,13,16,27-28H,11-12,14-15,17-20H2. The highest BCUT2D eigenvalue weighted by Gasteiger charge is 2.23. The summed E-state index contributed by atoms with van der Waals surface area (Å²) < 4.78 is 21.6. The van der Waals surface area contributed by atoms with Crippen LogP contribution in [0, 0.1) is 0 Å². The van der Waals surface area contributed by atoms with Gasteiger partial charge in [-0.15, -0.1) is 0 Å². The number of benzene rings is 3. The zero-order valence-electron chi connectivity index (χ0n) is 18.4. The quantitative estimate of drug-likeness (QED) is 0.391. The van der Waals surface area contributed by atoms with E-state index < -0.39 is 0 Å². The highest BCUT2D eigenvalue weighted by Crippen LogP contribution is 2.17. The van der Waals surface area contributed by atoms with Crippen molar-refractivity contribution in [3.05, 3.63) is 106 Å². The van der Waals surface area contributed by atoms with Gasteiger partial charge in [0.05, 0.1) is 26.4 Å². The Balaban J connectivity index is 1.13. The van der Waals surface area contributed by atoms with Crippen molar-refractivity contribution < 1.29 is 18.9 Å². The molecule has 2 fully saturated rings. The maximum atomic E-state index is 5.73. The maximum absolute atomic E-state index is 5.73. The SMILES string of the molecule is c1cc(CCOC2CO2)cc(Cc2ccc(Cc3cccc(COCC4CO4)c3)cc2)c1. The van der Waals surface area contributed by atoms with Gasteiger partial charge in [0.15, 0.2) is 6.29 Å². The van der Waals surface area contributed by atoms with Crippen LogP contribution >= 0.6 is 0 Å². The molecule has 3 aromatic rings. The molecule has 3 aromatic carbocycles. The molecule has 4 nitrogen and oxygen atoms in total. The topological polar surface area (TPSA) is 43.5 Å². The monoisotopic (exact) mass is 430 g/mol. The van der Waals surface area contributed by atoms with Gasteiger partial charge in [0, 0.05) is 0 Å². The Hall–Kier alpha value is -2.50. The molecule has 2 aliphatic heterocycles. The largest absolute Gasteiger partial charge is 0.374 e. The average molecular weight is 431 g/mol. The van der Waals surface area contributed by atoms with E-state index in [1.807, 2.05) is 0 Å². The van der Waals surface area contributed by atoms with Gasteiger partial charge in [-0.3, -0.25) is 0 Å². The Morgan fingerprint density at radius 2 is 1.28 bits per heavy atom. The second-order valence-electron chi connectivity index (χ2n) is 8.66. The van der Waals surface area contributed by atoms with Crippen LogP contribution in [0.2, 0.25) is 0 Å². The first-order valence-electron chi connectivity index (χ1n) is 11.5.